The van der Waals surface area contributed by atoms with E-state index in [9.17, 15) is 19.8 Å². The number of phenolic OH excluding ortho intramolecular Hbond substituents is 1. The number of rotatable bonds is 10. The first-order valence-corrected chi connectivity index (χ1v) is 9.20. The highest BCUT2D eigenvalue weighted by molar-refractivity contribution is 5.89. The van der Waals surface area contributed by atoms with Crippen LogP contribution < -0.4 is 11.5 Å². The summed E-state index contributed by atoms with van der Waals surface area (Å²) in [5.74, 6) is -1.09. The predicted molar refractivity (Wildman–Crippen MR) is 110 cm³/mol. The van der Waals surface area contributed by atoms with Crippen LogP contribution in [0, 0.1) is 0 Å². The highest BCUT2D eigenvalue weighted by Crippen LogP contribution is 2.13. The summed E-state index contributed by atoms with van der Waals surface area (Å²) in [6.45, 7) is -0.302. The van der Waals surface area contributed by atoms with Gasteiger partial charge in [-0.25, -0.2) is 0 Å². The molecule has 0 aliphatic rings. The molecule has 0 saturated carbocycles. The van der Waals surface area contributed by atoms with Crippen LogP contribution in [0.2, 0.25) is 0 Å². The molecule has 29 heavy (non-hydrogen) atoms. The molecule has 0 bridgehead atoms. The molecule has 0 spiro atoms. The molecule has 8 N–H and O–H groups in total. The summed E-state index contributed by atoms with van der Waals surface area (Å²) in [7, 11) is 0. The second-order valence-corrected chi connectivity index (χ2v) is 6.70. The molecule has 8 heteroatoms. The fourth-order valence-electron chi connectivity index (χ4n) is 3.05. The van der Waals surface area contributed by atoms with Crippen molar-refractivity contribution in [3.8, 4) is 5.75 Å². The van der Waals surface area contributed by atoms with Crippen LogP contribution in [0.15, 0.2) is 54.6 Å². The number of aliphatic hydroxyl groups excluding tert-OH is 1. The summed E-state index contributed by atoms with van der Waals surface area (Å²) in [5, 5.41) is 18.9. The Labute approximate surface area is 170 Å². The van der Waals surface area contributed by atoms with E-state index in [0.717, 1.165) is 11.1 Å². The van der Waals surface area contributed by atoms with Crippen LogP contribution in [-0.2, 0) is 22.4 Å². The lowest BCUT2D eigenvalue weighted by Gasteiger charge is -2.31. The summed E-state index contributed by atoms with van der Waals surface area (Å²) in [5.41, 5.74) is 13.3. The predicted octanol–water partition coefficient (Wildman–Crippen LogP) is -0.255. The number of aromatic hydroxyl groups is 1. The van der Waals surface area contributed by atoms with Gasteiger partial charge >= 0.3 is 0 Å². The van der Waals surface area contributed by atoms with Gasteiger partial charge in [-0.3, -0.25) is 9.59 Å². The Bertz CT molecular complexity index is 768. The summed E-state index contributed by atoms with van der Waals surface area (Å²) in [4.78, 5) is 25.9. The number of nitrogens with two attached hydrogens (primary N) is 2. The van der Waals surface area contributed by atoms with Crippen molar-refractivity contribution in [1.29, 1.82) is 0 Å². The maximum Gasteiger partial charge on any atom is 0.242 e. The normalized spacial score (nSPS) is 12.5. The van der Waals surface area contributed by atoms with Crippen molar-refractivity contribution >= 4 is 11.8 Å². The standard InChI is InChI=1S/C21H27N3O4.H2O/c22-18(13-16-8-10-17(26)11-9-16)21(28)24(19(14-25)20(23)27)12-4-7-15-5-2-1-3-6-15;/h1-3,5-6,8-11,18-19,25-26H,4,7,12-14,22H2,(H2,23,27);1H2/t18-,19+;/m0./s1. The molecule has 0 aromatic heterocycles. The van der Waals surface area contributed by atoms with Crippen molar-refractivity contribution in [1.82, 2.24) is 4.90 Å². The minimum absolute atomic E-state index is 0. The monoisotopic (exact) mass is 403 g/mol. The summed E-state index contributed by atoms with van der Waals surface area (Å²) < 4.78 is 0. The van der Waals surface area contributed by atoms with Gasteiger partial charge in [-0.2, -0.15) is 0 Å². The van der Waals surface area contributed by atoms with E-state index >= 15 is 0 Å². The molecule has 0 radical (unpaired) electrons. The molecule has 0 aliphatic carbocycles. The van der Waals surface area contributed by atoms with Crippen molar-refractivity contribution in [2.75, 3.05) is 13.2 Å². The van der Waals surface area contributed by atoms with Crippen LogP contribution >= 0.6 is 0 Å². The SMILES string of the molecule is NC(=O)[C@@H](CO)N(CCCc1ccccc1)C(=O)[C@@H](N)Cc1ccc(O)cc1.O. The Hall–Kier alpha value is -2.94. The molecular weight excluding hydrogens is 374 g/mol. The number of nitrogens with zero attached hydrogens (tertiary/aromatic N) is 1. The van der Waals surface area contributed by atoms with Crippen LogP contribution in [0.25, 0.3) is 0 Å². The topological polar surface area (TPSA) is 161 Å². The third-order valence-corrected chi connectivity index (χ3v) is 4.58. The number of amides is 2. The minimum atomic E-state index is -1.12. The van der Waals surface area contributed by atoms with Gasteiger partial charge in [0.05, 0.1) is 12.6 Å². The summed E-state index contributed by atoms with van der Waals surface area (Å²) >= 11 is 0. The number of primary amides is 1. The zero-order valence-corrected chi connectivity index (χ0v) is 16.2. The van der Waals surface area contributed by atoms with E-state index in [1.165, 1.54) is 17.0 Å². The van der Waals surface area contributed by atoms with Gasteiger partial charge in [0.25, 0.3) is 0 Å². The van der Waals surface area contributed by atoms with Gasteiger partial charge in [0.1, 0.15) is 11.8 Å². The molecule has 2 aromatic rings. The van der Waals surface area contributed by atoms with E-state index in [-0.39, 0.29) is 24.2 Å². The third-order valence-electron chi connectivity index (χ3n) is 4.58. The lowest BCUT2D eigenvalue weighted by Crippen LogP contribution is -2.55. The lowest BCUT2D eigenvalue weighted by molar-refractivity contribution is -0.141. The molecule has 0 unspecified atom stereocenters. The first-order valence-electron chi connectivity index (χ1n) is 9.20. The van der Waals surface area contributed by atoms with Crippen LogP contribution in [0.1, 0.15) is 17.5 Å². The van der Waals surface area contributed by atoms with Gasteiger partial charge in [-0.1, -0.05) is 42.5 Å². The van der Waals surface area contributed by atoms with Crippen LogP contribution in [0.3, 0.4) is 0 Å². The molecule has 0 saturated heterocycles. The maximum absolute atomic E-state index is 12.9. The number of carbonyl (C=O) groups excluding carboxylic acids is 2. The smallest absolute Gasteiger partial charge is 0.242 e. The maximum atomic E-state index is 12.9. The third kappa shape index (κ3) is 7.19. The van der Waals surface area contributed by atoms with Crippen LogP contribution in [-0.4, -0.2) is 57.6 Å². The highest BCUT2D eigenvalue weighted by atomic mass is 16.3. The Kier molecular flexibility index (Phi) is 9.81. The molecule has 2 aromatic carbocycles. The average Bonchev–Trinajstić information content (AvgIpc) is 2.69. The summed E-state index contributed by atoms with van der Waals surface area (Å²) in [6, 6.07) is 14.2. The Morgan fingerprint density at radius 1 is 1.00 bits per heavy atom. The van der Waals surface area contributed by atoms with E-state index in [0.29, 0.717) is 12.8 Å². The van der Waals surface area contributed by atoms with E-state index in [2.05, 4.69) is 0 Å². The van der Waals surface area contributed by atoms with Gasteiger partial charge in [0, 0.05) is 6.54 Å². The Morgan fingerprint density at radius 2 is 1.62 bits per heavy atom. The van der Waals surface area contributed by atoms with E-state index in [4.69, 9.17) is 11.5 Å². The molecular formula is C21H29N3O5. The number of hydrogen-bond acceptors (Lipinski definition) is 5. The fraction of sp³-hybridized carbons (Fsp3) is 0.333. The van der Waals surface area contributed by atoms with Crippen molar-refractivity contribution < 1.29 is 25.3 Å². The van der Waals surface area contributed by atoms with Crippen LogP contribution in [0.4, 0.5) is 0 Å². The first kappa shape index (κ1) is 24.1. The molecule has 2 rings (SSSR count). The number of benzene rings is 2. The second-order valence-electron chi connectivity index (χ2n) is 6.70. The Morgan fingerprint density at radius 3 is 2.17 bits per heavy atom. The van der Waals surface area contributed by atoms with Gasteiger partial charge < -0.3 is 32.1 Å². The van der Waals surface area contributed by atoms with E-state index < -0.39 is 30.5 Å². The second kappa shape index (κ2) is 11.8. The van der Waals surface area contributed by atoms with Gasteiger partial charge in [-0.05, 0) is 42.5 Å². The molecule has 0 heterocycles. The quantitative estimate of drug-likeness (QED) is 0.429. The average molecular weight is 403 g/mol. The van der Waals surface area contributed by atoms with E-state index in [1.54, 1.807) is 12.1 Å². The number of aliphatic hydroxyl groups is 1. The van der Waals surface area contributed by atoms with Crippen molar-refractivity contribution in [3.05, 3.63) is 65.7 Å². The zero-order valence-electron chi connectivity index (χ0n) is 16.2. The van der Waals surface area contributed by atoms with Gasteiger partial charge in [-0.15, -0.1) is 0 Å². The molecule has 158 valence electrons. The number of carbonyl (C=O) groups is 2. The molecule has 2 amide bonds. The number of phenols is 1. The van der Waals surface area contributed by atoms with Gasteiger partial charge in [0.2, 0.25) is 11.8 Å². The van der Waals surface area contributed by atoms with Crippen molar-refractivity contribution in [3.63, 3.8) is 0 Å². The molecule has 2 atom stereocenters. The van der Waals surface area contributed by atoms with Crippen LogP contribution in [0.5, 0.6) is 5.75 Å². The zero-order chi connectivity index (χ0) is 20.5. The first-order chi connectivity index (χ1) is 13.4. The van der Waals surface area contributed by atoms with Crippen molar-refractivity contribution in [2.24, 2.45) is 11.5 Å². The molecule has 0 aliphatic heterocycles. The molecule has 0 fully saturated rings. The van der Waals surface area contributed by atoms with E-state index in [1.807, 2.05) is 30.3 Å². The largest absolute Gasteiger partial charge is 0.508 e. The van der Waals surface area contributed by atoms with Gasteiger partial charge in [0.15, 0.2) is 0 Å². The highest BCUT2D eigenvalue weighted by Gasteiger charge is 2.30. The minimum Gasteiger partial charge on any atom is -0.508 e. The Balaban J connectivity index is 0.00000420. The number of aryl methyl sites for hydroxylation is 1. The van der Waals surface area contributed by atoms with Crippen molar-refractivity contribution in [2.45, 2.75) is 31.3 Å². The summed E-state index contributed by atoms with van der Waals surface area (Å²) in [6.07, 6.45) is 1.56. The lowest BCUT2D eigenvalue weighted by atomic mass is 10.0. The number of hydrogen-bond donors (Lipinski definition) is 4. The molecule has 8 nitrogen and oxygen atoms in total. The fourth-order valence-corrected chi connectivity index (χ4v) is 3.05.